The molecule has 128 valence electrons. The molecule has 3 nitrogen and oxygen atoms in total. The summed E-state index contributed by atoms with van der Waals surface area (Å²) in [5.41, 5.74) is 2.15. The van der Waals surface area contributed by atoms with Crippen molar-refractivity contribution in [1.82, 2.24) is 4.90 Å². The maximum absolute atomic E-state index is 11.1. The number of likely N-dealkylation sites (tertiary alicyclic amines) is 1. The van der Waals surface area contributed by atoms with Crippen molar-refractivity contribution in [3.8, 4) is 5.75 Å². The second-order valence-corrected chi connectivity index (χ2v) is 6.60. The van der Waals surface area contributed by atoms with Gasteiger partial charge in [-0.05, 0) is 49.2 Å². The Labute approximate surface area is 144 Å². The van der Waals surface area contributed by atoms with Crippen LogP contribution < -0.4 is 4.74 Å². The predicted octanol–water partition coefficient (Wildman–Crippen LogP) is 4.00. The molecule has 0 saturated carbocycles. The summed E-state index contributed by atoms with van der Waals surface area (Å²) in [6.45, 7) is 3.18. The number of aliphatic hydroxyl groups is 1. The van der Waals surface area contributed by atoms with Crippen molar-refractivity contribution in [2.45, 2.75) is 31.3 Å². The molecule has 1 fully saturated rings. The monoisotopic (exact) mass is 325 g/mol. The second kappa shape index (κ2) is 8.32. The molecule has 0 unspecified atom stereocenters. The minimum absolute atomic E-state index is 0.0812. The van der Waals surface area contributed by atoms with Crippen molar-refractivity contribution in [2.24, 2.45) is 0 Å². The van der Waals surface area contributed by atoms with Crippen molar-refractivity contribution in [1.29, 1.82) is 0 Å². The Morgan fingerprint density at radius 2 is 1.58 bits per heavy atom. The van der Waals surface area contributed by atoms with E-state index in [9.17, 15) is 5.11 Å². The predicted molar refractivity (Wildman–Crippen MR) is 97.4 cm³/mol. The summed E-state index contributed by atoms with van der Waals surface area (Å²) in [5, 5.41) is 11.1. The zero-order chi connectivity index (χ0) is 16.8. The number of benzene rings is 2. The number of hydrogen-bond donors (Lipinski definition) is 1. The average molecular weight is 325 g/mol. The zero-order valence-corrected chi connectivity index (χ0v) is 14.4. The molecule has 2 aromatic rings. The van der Waals surface area contributed by atoms with Crippen LogP contribution in [0.1, 0.15) is 42.4 Å². The van der Waals surface area contributed by atoms with Gasteiger partial charge in [0.15, 0.2) is 0 Å². The number of nitrogens with zero attached hydrogens (tertiary/aromatic N) is 1. The minimum atomic E-state index is -0.514. The standard InChI is InChI=1S/C21H27NO2/c1-24-19-12-10-18(11-13-19)21(23)20(17-8-4-2-5-9-17)16-22-14-6-3-7-15-22/h2,4-5,8-13,20-21,23H,3,6-7,14-16H2,1H3/t20-,21-/m1/s1. The van der Waals surface area contributed by atoms with Gasteiger partial charge in [0.1, 0.15) is 5.75 Å². The maximum atomic E-state index is 11.1. The van der Waals surface area contributed by atoms with E-state index < -0.39 is 6.10 Å². The summed E-state index contributed by atoms with van der Waals surface area (Å²) in [7, 11) is 1.66. The normalized spacial score (nSPS) is 18.1. The molecule has 3 heteroatoms. The molecule has 0 aromatic heterocycles. The number of hydrogen-bond acceptors (Lipinski definition) is 3. The first-order valence-electron chi connectivity index (χ1n) is 8.87. The molecule has 0 spiro atoms. The molecule has 1 aliphatic heterocycles. The third-order valence-corrected chi connectivity index (χ3v) is 4.97. The Hall–Kier alpha value is -1.84. The van der Waals surface area contributed by atoms with Gasteiger partial charge in [-0.2, -0.15) is 0 Å². The van der Waals surface area contributed by atoms with E-state index >= 15 is 0 Å². The lowest BCUT2D eigenvalue weighted by molar-refractivity contribution is 0.109. The van der Waals surface area contributed by atoms with E-state index in [-0.39, 0.29) is 5.92 Å². The Bertz CT molecular complexity index is 605. The number of ether oxygens (including phenoxy) is 1. The van der Waals surface area contributed by atoms with Gasteiger partial charge in [0.2, 0.25) is 0 Å². The van der Waals surface area contributed by atoms with E-state index in [1.165, 1.54) is 24.8 Å². The van der Waals surface area contributed by atoms with Crippen molar-refractivity contribution in [3.05, 3.63) is 65.7 Å². The molecular weight excluding hydrogens is 298 g/mol. The first-order valence-corrected chi connectivity index (χ1v) is 8.87. The van der Waals surface area contributed by atoms with Crippen LogP contribution in [0.15, 0.2) is 54.6 Å². The summed E-state index contributed by atoms with van der Waals surface area (Å²) >= 11 is 0. The van der Waals surface area contributed by atoms with Crippen LogP contribution in [0.5, 0.6) is 5.75 Å². The van der Waals surface area contributed by atoms with Crippen LogP contribution in [0.2, 0.25) is 0 Å². The average Bonchev–Trinajstić information content (AvgIpc) is 2.67. The maximum Gasteiger partial charge on any atom is 0.118 e. The molecule has 0 aliphatic carbocycles. The third kappa shape index (κ3) is 4.16. The van der Waals surface area contributed by atoms with E-state index in [4.69, 9.17) is 4.74 Å². The fourth-order valence-electron chi connectivity index (χ4n) is 3.54. The summed E-state index contributed by atoms with van der Waals surface area (Å²) < 4.78 is 5.23. The van der Waals surface area contributed by atoms with Gasteiger partial charge >= 0.3 is 0 Å². The van der Waals surface area contributed by atoms with Gasteiger partial charge in [0.25, 0.3) is 0 Å². The van der Waals surface area contributed by atoms with Crippen LogP contribution in [0.4, 0.5) is 0 Å². The Morgan fingerprint density at radius 1 is 0.917 bits per heavy atom. The number of piperidine rings is 1. The Morgan fingerprint density at radius 3 is 2.21 bits per heavy atom. The van der Waals surface area contributed by atoms with E-state index in [0.717, 1.165) is 30.9 Å². The molecular formula is C21H27NO2. The summed E-state index contributed by atoms with van der Waals surface area (Å²) in [6, 6.07) is 18.2. The zero-order valence-electron chi connectivity index (χ0n) is 14.4. The summed E-state index contributed by atoms with van der Waals surface area (Å²) in [6.07, 6.45) is 3.34. The van der Waals surface area contributed by atoms with Crippen LogP contribution in [0.3, 0.4) is 0 Å². The van der Waals surface area contributed by atoms with E-state index in [1.54, 1.807) is 7.11 Å². The van der Waals surface area contributed by atoms with Crippen LogP contribution in [-0.4, -0.2) is 36.8 Å². The van der Waals surface area contributed by atoms with Crippen LogP contribution in [0.25, 0.3) is 0 Å². The molecule has 0 bridgehead atoms. The van der Waals surface area contributed by atoms with Crippen molar-refractivity contribution in [3.63, 3.8) is 0 Å². The smallest absolute Gasteiger partial charge is 0.118 e. The van der Waals surface area contributed by atoms with E-state index in [2.05, 4.69) is 29.2 Å². The first kappa shape index (κ1) is 17.0. The van der Waals surface area contributed by atoms with Crippen molar-refractivity contribution < 1.29 is 9.84 Å². The Kier molecular flexibility index (Phi) is 5.89. The molecule has 0 radical (unpaired) electrons. The minimum Gasteiger partial charge on any atom is -0.497 e. The summed E-state index contributed by atoms with van der Waals surface area (Å²) in [4.78, 5) is 2.49. The quantitative estimate of drug-likeness (QED) is 0.871. The van der Waals surface area contributed by atoms with E-state index in [0.29, 0.717) is 0 Å². The molecule has 1 aliphatic rings. The topological polar surface area (TPSA) is 32.7 Å². The van der Waals surface area contributed by atoms with E-state index in [1.807, 2.05) is 30.3 Å². The largest absolute Gasteiger partial charge is 0.497 e. The highest BCUT2D eigenvalue weighted by molar-refractivity contribution is 5.32. The molecule has 1 heterocycles. The Balaban J connectivity index is 1.82. The van der Waals surface area contributed by atoms with Gasteiger partial charge in [-0.1, -0.05) is 48.9 Å². The molecule has 2 atom stereocenters. The number of aliphatic hydroxyl groups excluding tert-OH is 1. The molecule has 0 amide bonds. The summed E-state index contributed by atoms with van der Waals surface area (Å²) in [5.74, 6) is 0.899. The highest BCUT2D eigenvalue weighted by Crippen LogP contribution is 2.33. The fourth-order valence-corrected chi connectivity index (χ4v) is 3.54. The lowest BCUT2D eigenvalue weighted by atomic mass is 9.88. The van der Waals surface area contributed by atoms with Gasteiger partial charge in [-0.15, -0.1) is 0 Å². The SMILES string of the molecule is COc1ccc([C@@H](O)[C@H](CN2CCCCC2)c2ccccc2)cc1. The highest BCUT2D eigenvalue weighted by Gasteiger charge is 2.26. The molecule has 2 aromatic carbocycles. The van der Waals surface area contributed by atoms with Crippen molar-refractivity contribution in [2.75, 3.05) is 26.7 Å². The lowest BCUT2D eigenvalue weighted by Crippen LogP contribution is -2.35. The van der Waals surface area contributed by atoms with Crippen LogP contribution in [0, 0.1) is 0 Å². The third-order valence-electron chi connectivity index (χ3n) is 4.97. The van der Waals surface area contributed by atoms with Crippen molar-refractivity contribution >= 4 is 0 Å². The lowest BCUT2D eigenvalue weighted by Gasteiger charge is -2.33. The molecule has 1 saturated heterocycles. The highest BCUT2D eigenvalue weighted by atomic mass is 16.5. The van der Waals surface area contributed by atoms with Crippen LogP contribution >= 0.6 is 0 Å². The number of rotatable bonds is 6. The van der Waals surface area contributed by atoms with Gasteiger partial charge in [-0.25, -0.2) is 0 Å². The van der Waals surface area contributed by atoms with Gasteiger partial charge in [0.05, 0.1) is 13.2 Å². The molecule has 3 rings (SSSR count). The number of methoxy groups -OCH3 is 1. The molecule has 24 heavy (non-hydrogen) atoms. The van der Waals surface area contributed by atoms with Gasteiger partial charge < -0.3 is 14.7 Å². The van der Waals surface area contributed by atoms with Crippen LogP contribution in [-0.2, 0) is 0 Å². The first-order chi connectivity index (χ1) is 11.8. The van der Waals surface area contributed by atoms with Gasteiger partial charge in [-0.3, -0.25) is 0 Å². The molecule has 1 N–H and O–H groups in total. The second-order valence-electron chi connectivity index (χ2n) is 6.60. The van der Waals surface area contributed by atoms with Gasteiger partial charge in [0, 0.05) is 12.5 Å². The fraction of sp³-hybridized carbons (Fsp3) is 0.429.